The molecule has 6 heteroatoms. The summed E-state index contributed by atoms with van der Waals surface area (Å²) in [5, 5.41) is 4.14. The Bertz CT molecular complexity index is 1070. The van der Waals surface area contributed by atoms with Gasteiger partial charge in [-0.3, -0.25) is 14.3 Å². The molecule has 0 amide bonds. The standard InChI is InChI=1S/C22H27N5O/c1-15-12-17(14-24-19-8-7-9-23-16(19)2)20-18(13-15)21(28)26(3)22(25-20)27-10-5-4-6-11-27/h7-9,12-13,24H,4-6,10-11,14H2,1-3H3. The fourth-order valence-electron chi connectivity index (χ4n) is 3.97. The number of pyridine rings is 1. The van der Waals surface area contributed by atoms with Crippen molar-refractivity contribution < 1.29 is 0 Å². The minimum atomic E-state index is 0.0214. The molecule has 0 atom stereocenters. The predicted octanol–water partition coefficient (Wildman–Crippen LogP) is 3.55. The monoisotopic (exact) mass is 377 g/mol. The number of aromatic nitrogens is 3. The van der Waals surface area contributed by atoms with E-state index in [-0.39, 0.29) is 5.56 Å². The zero-order valence-electron chi connectivity index (χ0n) is 16.8. The first-order valence-electron chi connectivity index (χ1n) is 9.95. The number of aryl methyl sites for hydroxylation is 2. The Morgan fingerprint density at radius 1 is 1.14 bits per heavy atom. The van der Waals surface area contributed by atoms with E-state index >= 15 is 0 Å². The lowest BCUT2D eigenvalue weighted by atomic mass is 10.1. The van der Waals surface area contributed by atoms with Crippen LogP contribution in [-0.2, 0) is 13.6 Å². The molecule has 0 spiro atoms. The number of hydrogen-bond donors (Lipinski definition) is 1. The fraction of sp³-hybridized carbons (Fsp3) is 0.409. The Morgan fingerprint density at radius 2 is 1.93 bits per heavy atom. The molecule has 3 aromatic rings. The Labute approximate surface area is 165 Å². The molecule has 146 valence electrons. The van der Waals surface area contributed by atoms with E-state index in [0.717, 1.165) is 59.9 Å². The second kappa shape index (κ2) is 7.62. The van der Waals surface area contributed by atoms with Crippen molar-refractivity contribution >= 4 is 22.5 Å². The Morgan fingerprint density at radius 3 is 2.68 bits per heavy atom. The normalized spacial score (nSPS) is 14.5. The Balaban J connectivity index is 1.78. The molecule has 1 fully saturated rings. The summed E-state index contributed by atoms with van der Waals surface area (Å²) in [5.41, 5.74) is 4.87. The molecule has 28 heavy (non-hydrogen) atoms. The van der Waals surface area contributed by atoms with Gasteiger partial charge < -0.3 is 10.2 Å². The van der Waals surface area contributed by atoms with Crippen LogP contribution in [0, 0.1) is 13.8 Å². The van der Waals surface area contributed by atoms with E-state index in [0.29, 0.717) is 11.9 Å². The Kier molecular flexibility index (Phi) is 5.03. The van der Waals surface area contributed by atoms with Gasteiger partial charge in [0.1, 0.15) is 0 Å². The summed E-state index contributed by atoms with van der Waals surface area (Å²) in [4.78, 5) is 24.6. The molecule has 1 aromatic carbocycles. The van der Waals surface area contributed by atoms with Crippen LogP contribution in [0.2, 0.25) is 0 Å². The average Bonchev–Trinajstić information content (AvgIpc) is 2.71. The van der Waals surface area contributed by atoms with Gasteiger partial charge in [-0.15, -0.1) is 0 Å². The van der Waals surface area contributed by atoms with Crippen LogP contribution in [0.25, 0.3) is 10.9 Å². The van der Waals surface area contributed by atoms with Crippen LogP contribution in [0.5, 0.6) is 0 Å². The topological polar surface area (TPSA) is 63.1 Å². The number of benzene rings is 1. The second-order valence-corrected chi connectivity index (χ2v) is 7.63. The molecular formula is C22H27N5O. The average molecular weight is 377 g/mol. The van der Waals surface area contributed by atoms with Gasteiger partial charge in [0, 0.05) is 32.9 Å². The highest BCUT2D eigenvalue weighted by Crippen LogP contribution is 2.23. The number of nitrogens with zero attached hydrogens (tertiary/aromatic N) is 4. The smallest absolute Gasteiger partial charge is 0.262 e. The number of piperidine rings is 1. The molecule has 3 heterocycles. The molecule has 0 unspecified atom stereocenters. The highest BCUT2D eigenvalue weighted by Gasteiger charge is 2.19. The third-order valence-electron chi connectivity index (χ3n) is 5.50. The lowest BCUT2D eigenvalue weighted by Crippen LogP contribution is -2.35. The molecule has 6 nitrogen and oxygen atoms in total. The molecule has 4 rings (SSSR count). The molecule has 0 aliphatic carbocycles. The van der Waals surface area contributed by atoms with E-state index < -0.39 is 0 Å². The number of rotatable bonds is 4. The molecular weight excluding hydrogens is 350 g/mol. The molecule has 1 N–H and O–H groups in total. The van der Waals surface area contributed by atoms with Crippen molar-refractivity contribution in [2.75, 3.05) is 23.3 Å². The van der Waals surface area contributed by atoms with Gasteiger partial charge in [-0.2, -0.15) is 0 Å². The van der Waals surface area contributed by atoms with Gasteiger partial charge in [-0.05, 0) is 62.4 Å². The van der Waals surface area contributed by atoms with Gasteiger partial charge in [0.2, 0.25) is 5.95 Å². The first kappa shape index (κ1) is 18.5. The minimum Gasteiger partial charge on any atom is -0.379 e. The molecule has 1 aliphatic heterocycles. The van der Waals surface area contributed by atoms with E-state index in [2.05, 4.69) is 21.3 Å². The molecule has 0 radical (unpaired) electrons. The Hall–Kier alpha value is -2.89. The fourth-order valence-corrected chi connectivity index (χ4v) is 3.97. The molecule has 0 bridgehead atoms. The zero-order valence-corrected chi connectivity index (χ0v) is 16.8. The SMILES string of the molecule is Cc1cc(CNc2cccnc2C)c2nc(N3CCCCC3)n(C)c(=O)c2c1. The maximum atomic E-state index is 13.1. The van der Waals surface area contributed by atoms with Crippen LogP contribution < -0.4 is 15.8 Å². The number of anilines is 2. The zero-order chi connectivity index (χ0) is 19.7. The number of hydrogen-bond acceptors (Lipinski definition) is 5. The van der Waals surface area contributed by atoms with Crippen molar-refractivity contribution in [2.24, 2.45) is 7.05 Å². The first-order valence-corrected chi connectivity index (χ1v) is 9.95. The summed E-state index contributed by atoms with van der Waals surface area (Å²) >= 11 is 0. The summed E-state index contributed by atoms with van der Waals surface area (Å²) in [6.07, 6.45) is 5.34. The van der Waals surface area contributed by atoms with Crippen molar-refractivity contribution in [3.05, 3.63) is 57.6 Å². The lowest BCUT2D eigenvalue weighted by molar-refractivity contribution is 0.558. The van der Waals surface area contributed by atoms with Crippen molar-refractivity contribution in [3.8, 4) is 0 Å². The molecule has 1 saturated heterocycles. The van der Waals surface area contributed by atoms with Crippen molar-refractivity contribution in [2.45, 2.75) is 39.7 Å². The van der Waals surface area contributed by atoms with Crippen LogP contribution >= 0.6 is 0 Å². The van der Waals surface area contributed by atoms with E-state index in [4.69, 9.17) is 4.98 Å². The van der Waals surface area contributed by atoms with Gasteiger partial charge >= 0.3 is 0 Å². The summed E-state index contributed by atoms with van der Waals surface area (Å²) in [5.74, 6) is 0.778. The van der Waals surface area contributed by atoms with Gasteiger partial charge in [-0.1, -0.05) is 6.07 Å². The summed E-state index contributed by atoms with van der Waals surface area (Å²) in [6.45, 7) is 6.53. The third kappa shape index (κ3) is 3.46. The van der Waals surface area contributed by atoms with Crippen LogP contribution in [0.15, 0.2) is 35.3 Å². The van der Waals surface area contributed by atoms with Gasteiger partial charge in [-0.25, -0.2) is 4.98 Å². The third-order valence-corrected chi connectivity index (χ3v) is 5.50. The van der Waals surface area contributed by atoms with Crippen molar-refractivity contribution in [1.82, 2.24) is 14.5 Å². The highest BCUT2D eigenvalue weighted by atomic mass is 16.1. The largest absolute Gasteiger partial charge is 0.379 e. The van der Waals surface area contributed by atoms with Crippen molar-refractivity contribution in [3.63, 3.8) is 0 Å². The predicted molar refractivity (Wildman–Crippen MR) is 114 cm³/mol. The highest BCUT2D eigenvalue weighted by molar-refractivity contribution is 5.83. The van der Waals surface area contributed by atoms with E-state index in [1.54, 1.807) is 10.8 Å². The first-order chi connectivity index (χ1) is 13.5. The van der Waals surface area contributed by atoms with Crippen LogP contribution in [-0.4, -0.2) is 27.6 Å². The van der Waals surface area contributed by atoms with E-state index in [9.17, 15) is 4.79 Å². The van der Waals surface area contributed by atoms with Crippen LogP contribution in [0.4, 0.5) is 11.6 Å². The van der Waals surface area contributed by atoms with Crippen LogP contribution in [0.1, 0.15) is 36.1 Å². The number of nitrogens with one attached hydrogen (secondary N) is 1. The van der Waals surface area contributed by atoms with Crippen molar-refractivity contribution in [1.29, 1.82) is 0 Å². The maximum absolute atomic E-state index is 13.1. The van der Waals surface area contributed by atoms with E-state index in [1.165, 1.54) is 6.42 Å². The molecule has 0 saturated carbocycles. The second-order valence-electron chi connectivity index (χ2n) is 7.63. The summed E-state index contributed by atoms with van der Waals surface area (Å²) in [7, 11) is 1.83. The minimum absolute atomic E-state index is 0.0214. The molecule has 1 aliphatic rings. The summed E-state index contributed by atoms with van der Waals surface area (Å²) < 4.78 is 1.70. The molecule has 2 aromatic heterocycles. The van der Waals surface area contributed by atoms with Gasteiger partial charge in [0.05, 0.1) is 22.3 Å². The quantitative estimate of drug-likeness (QED) is 0.753. The maximum Gasteiger partial charge on any atom is 0.262 e. The number of fused-ring (bicyclic) bond motifs is 1. The van der Waals surface area contributed by atoms with Gasteiger partial charge in [0.15, 0.2) is 0 Å². The van der Waals surface area contributed by atoms with Gasteiger partial charge in [0.25, 0.3) is 5.56 Å². The lowest BCUT2D eigenvalue weighted by Gasteiger charge is -2.29. The van der Waals surface area contributed by atoms with E-state index in [1.807, 2.05) is 39.1 Å². The summed E-state index contributed by atoms with van der Waals surface area (Å²) in [6, 6.07) is 8.01. The van der Waals surface area contributed by atoms with Crippen LogP contribution in [0.3, 0.4) is 0 Å².